The summed E-state index contributed by atoms with van der Waals surface area (Å²) in [5.41, 5.74) is 2.41. The number of hydrogen-bond donors (Lipinski definition) is 2. The number of rotatable bonds is 11. The fourth-order valence-corrected chi connectivity index (χ4v) is 3.37. The van der Waals surface area contributed by atoms with E-state index in [2.05, 4.69) is 53.7 Å². The number of aryl methyl sites for hydroxylation is 1. The van der Waals surface area contributed by atoms with Crippen molar-refractivity contribution in [2.24, 2.45) is 4.99 Å². The second-order valence-electron chi connectivity index (χ2n) is 6.47. The molecule has 6 nitrogen and oxygen atoms in total. The minimum Gasteiger partial charge on any atom is -0.356 e. The second-order valence-corrected chi connectivity index (χ2v) is 8.45. The van der Waals surface area contributed by atoms with Gasteiger partial charge in [-0.25, -0.2) is 17.7 Å². The van der Waals surface area contributed by atoms with E-state index < -0.39 is 10.0 Å². The van der Waals surface area contributed by atoms with E-state index >= 15 is 0 Å². The van der Waals surface area contributed by atoms with Crippen molar-refractivity contribution in [2.75, 3.05) is 32.4 Å². The number of nitrogens with one attached hydrogen (secondary N) is 2. The Hall–Kier alpha value is -0.870. The smallest absolute Gasteiger partial charge is 0.211 e. The zero-order valence-electron chi connectivity index (χ0n) is 17.0. The standard InChI is InChI=1S/C19H34N4O2S.HI/c1-5-7-13-20-19(22-16-18-11-9-17(3)10-12-18)21-14-8-15-23(6-2)26(4,24)25;/h9-12H,5-8,13-16H2,1-4H3,(H2,20,21,22);1H. The van der Waals surface area contributed by atoms with E-state index in [0.29, 0.717) is 26.2 Å². The molecular formula is C19H35IN4O2S. The largest absolute Gasteiger partial charge is 0.356 e. The molecule has 0 aliphatic carbocycles. The Morgan fingerprint density at radius 3 is 2.19 bits per heavy atom. The van der Waals surface area contributed by atoms with Gasteiger partial charge in [-0.15, -0.1) is 24.0 Å². The molecule has 0 aliphatic rings. The monoisotopic (exact) mass is 510 g/mol. The molecule has 0 aliphatic heterocycles. The van der Waals surface area contributed by atoms with Crippen LogP contribution in [0.15, 0.2) is 29.3 Å². The van der Waals surface area contributed by atoms with Crippen molar-refractivity contribution in [3.8, 4) is 0 Å². The maximum atomic E-state index is 11.6. The van der Waals surface area contributed by atoms with Crippen LogP contribution in [0.25, 0.3) is 0 Å². The molecule has 0 atom stereocenters. The number of unbranched alkanes of at least 4 members (excludes halogenated alkanes) is 1. The molecule has 0 unspecified atom stereocenters. The van der Waals surface area contributed by atoms with Crippen molar-refractivity contribution < 1.29 is 8.42 Å². The normalized spacial score (nSPS) is 12.0. The van der Waals surface area contributed by atoms with Gasteiger partial charge in [-0.2, -0.15) is 0 Å². The van der Waals surface area contributed by atoms with E-state index in [-0.39, 0.29) is 24.0 Å². The summed E-state index contributed by atoms with van der Waals surface area (Å²) in [6.45, 7) is 9.27. The number of aliphatic imine (C=N–C) groups is 1. The summed E-state index contributed by atoms with van der Waals surface area (Å²) in [4.78, 5) is 4.64. The van der Waals surface area contributed by atoms with Crippen LogP contribution in [0.4, 0.5) is 0 Å². The molecule has 0 saturated carbocycles. The van der Waals surface area contributed by atoms with Gasteiger partial charge in [0.1, 0.15) is 0 Å². The van der Waals surface area contributed by atoms with Gasteiger partial charge in [-0.1, -0.05) is 50.1 Å². The number of hydrogen-bond acceptors (Lipinski definition) is 3. The predicted molar refractivity (Wildman–Crippen MR) is 125 cm³/mol. The van der Waals surface area contributed by atoms with Gasteiger partial charge >= 0.3 is 0 Å². The average molecular weight is 510 g/mol. The van der Waals surface area contributed by atoms with Gasteiger partial charge in [0.2, 0.25) is 10.0 Å². The van der Waals surface area contributed by atoms with E-state index in [1.807, 2.05) is 6.92 Å². The number of halogens is 1. The predicted octanol–water partition coefficient (Wildman–Crippen LogP) is 3.12. The molecule has 0 spiro atoms. The fourth-order valence-electron chi connectivity index (χ4n) is 2.44. The minimum absolute atomic E-state index is 0. The molecule has 0 saturated heterocycles. The third kappa shape index (κ3) is 11.5. The van der Waals surface area contributed by atoms with Gasteiger partial charge < -0.3 is 10.6 Å². The molecule has 2 N–H and O–H groups in total. The van der Waals surface area contributed by atoms with Crippen molar-refractivity contribution >= 4 is 40.0 Å². The lowest BCUT2D eigenvalue weighted by molar-refractivity contribution is 0.424. The Balaban J connectivity index is 0.00000676. The Labute approximate surface area is 182 Å². The number of sulfonamides is 1. The molecule has 8 heteroatoms. The Morgan fingerprint density at radius 2 is 1.67 bits per heavy atom. The molecule has 1 aromatic rings. The summed E-state index contributed by atoms with van der Waals surface area (Å²) < 4.78 is 24.7. The first kappa shape index (κ1) is 26.1. The molecule has 0 radical (unpaired) electrons. The Bertz CT molecular complexity index is 648. The van der Waals surface area contributed by atoms with E-state index in [9.17, 15) is 8.42 Å². The minimum atomic E-state index is -3.12. The molecule has 1 rings (SSSR count). The highest BCUT2D eigenvalue weighted by Gasteiger charge is 2.13. The molecule has 0 amide bonds. The van der Waals surface area contributed by atoms with Crippen LogP contribution in [0.5, 0.6) is 0 Å². The third-order valence-corrected chi connectivity index (χ3v) is 5.44. The molecule has 0 heterocycles. The summed E-state index contributed by atoms with van der Waals surface area (Å²) in [5.74, 6) is 0.779. The molecule has 0 bridgehead atoms. The molecule has 0 aromatic heterocycles. The first-order chi connectivity index (χ1) is 12.4. The summed E-state index contributed by atoms with van der Waals surface area (Å²) in [7, 11) is -3.12. The van der Waals surface area contributed by atoms with Crippen molar-refractivity contribution in [1.29, 1.82) is 0 Å². The van der Waals surface area contributed by atoms with E-state index in [0.717, 1.165) is 31.8 Å². The van der Waals surface area contributed by atoms with Gasteiger partial charge in [0, 0.05) is 26.2 Å². The topological polar surface area (TPSA) is 73.8 Å². The van der Waals surface area contributed by atoms with E-state index in [1.165, 1.54) is 21.7 Å². The van der Waals surface area contributed by atoms with Crippen LogP contribution in [0, 0.1) is 6.92 Å². The first-order valence-electron chi connectivity index (χ1n) is 9.39. The number of guanidine groups is 1. The maximum Gasteiger partial charge on any atom is 0.211 e. The molecular weight excluding hydrogens is 475 g/mol. The van der Waals surface area contributed by atoms with Crippen LogP contribution in [-0.4, -0.2) is 51.1 Å². The highest BCUT2D eigenvalue weighted by atomic mass is 127. The second kappa shape index (κ2) is 14.2. The molecule has 0 fully saturated rings. The Kier molecular flexibility index (Phi) is 13.7. The van der Waals surface area contributed by atoms with Crippen LogP contribution >= 0.6 is 24.0 Å². The van der Waals surface area contributed by atoms with Crippen LogP contribution in [0.3, 0.4) is 0 Å². The van der Waals surface area contributed by atoms with Gasteiger partial charge in [0.05, 0.1) is 12.8 Å². The van der Waals surface area contributed by atoms with Gasteiger partial charge in [-0.3, -0.25) is 0 Å². The third-order valence-electron chi connectivity index (χ3n) is 4.06. The van der Waals surface area contributed by atoms with Crippen molar-refractivity contribution in [1.82, 2.24) is 14.9 Å². The summed E-state index contributed by atoms with van der Waals surface area (Å²) in [6, 6.07) is 8.36. The summed E-state index contributed by atoms with van der Waals surface area (Å²) in [6.07, 6.45) is 4.20. The fraction of sp³-hybridized carbons (Fsp3) is 0.632. The lowest BCUT2D eigenvalue weighted by Gasteiger charge is -2.18. The SMILES string of the molecule is CCCCNC(=NCc1ccc(C)cc1)NCCCN(CC)S(C)(=O)=O.I. The number of nitrogens with zero attached hydrogens (tertiary/aromatic N) is 2. The summed E-state index contributed by atoms with van der Waals surface area (Å²) >= 11 is 0. The highest BCUT2D eigenvalue weighted by Crippen LogP contribution is 2.04. The molecule has 27 heavy (non-hydrogen) atoms. The van der Waals surface area contributed by atoms with Gasteiger partial charge in [0.25, 0.3) is 0 Å². The Morgan fingerprint density at radius 1 is 1.07 bits per heavy atom. The highest BCUT2D eigenvalue weighted by molar-refractivity contribution is 14.0. The van der Waals surface area contributed by atoms with Crippen LogP contribution in [0.1, 0.15) is 44.2 Å². The quantitative estimate of drug-likeness (QED) is 0.208. The van der Waals surface area contributed by atoms with Crippen LogP contribution in [0.2, 0.25) is 0 Å². The van der Waals surface area contributed by atoms with E-state index in [1.54, 1.807) is 0 Å². The molecule has 156 valence electrons. The average Bonchev–Trinajstić information content (AvgIpc) is 2.59. The van der Waals surface area contributed by atoms with Crippen molar-refractivity contribution in [3.63, 3.8) is 0 Å². The van der Waals surface area contributed by atoms with Gasteiger partial charge in [-0.05, 0) is 25.3 Å². The lowest BCUT2D eigenvalue weighted by atomic mass is 10.1. The van der Waals surface area contributed by atoms with Crippen molar-refractivity contribution in [2.45, 2.75) is 46.6 Å². The van der Waals surface area contributed by atoms with Gasteiger partial charge in [0.15, 0.2) is 5.96 Å². The van der Waals surface area contributed by atoms with E-state index in [4.69, 9.17) is 0 Å². The first-order valence-corrected chi connectivity index (χ1v) is 11.2. The lowest BCUT2D eigenvalue weighted by Crippen LogP contribution is -2.39. The van der Waals surface area contributed by atoms with Crippen LogP contribution in [-0.2, 0) is 16.6 Å². The van der Waals surface area contributed by atoms with Crippen molar-refractivity contribution in [3.05, 3.63) is 35.4 Å². The van der Waals surface area contributed by atoms with Crippen LogP contribution < -0.4 is 10.6 Å². The zero-order valence-corrected chi connectivity index (χ0v) is 20.1. The summed E-state index contributed by atoms with van der Waals surface area (Å²) in [5, 5.41) is 6.65. The zero-order chi connectivity index (χ0) is 19.4. The number of benzene rings is 1. The molecule has 1 aromatic carbocycles. The maximum absolute atomic E-state index is 11.6.